The fourth-order valence-corrected chi connectivity index (χ4v) is 1.78. The lowest BCUT2D eigenvalue weighted by molar-refractivity contribution is -0.159. The summed E-state index contributed by atoms with van der Waals surface area (Å²) in [5, 5.41) is 0. The summed E-state index contributed by atoms with van der Waals surface area (Å²) >= 11 is 0. The van der Waals surface area contributed by atoms with Gasteiger partial charge in [-0.25, -0.2) is 0 Å². The largest absolute Gasteiger partial charge is 0.393 e. The number of nitrogens with zero attached hydrogens (tertiary/aromatic N) is 2. The summed E-state index contributed by atoms with van der Waals surface area (Å²) in [6.45, 7) is 0. The normalized spacial score (nSPS) is 10.1. The van der Waals surface area contributed by atoms with Crippen LogP contribution in [-0.4, -0.2) is 21.9 Å². The number of pyridine rings is 2. The summed E-state index contributed by atoms with van der Waals surface area (Å²) < 4.78 is 4.76. The summed E-state index contributed by atoms with van der Waals surface area (Å²) in [6.07, 6.45) is 4.55. The SMILES string of the molecule is O=C(CCc1ccccn1)OC(=O)CCc1ccccn1. The van der Waals surface area contributed by atoms with Crippen molar-refractivity contribution in [1.29, 1.82) is 0 Å². The number of hydrogen-bond donors (Lipinski definition) is 0. The van der Waals surface area contributed by atoms with Gasteiger partial charge in [-0.15, -0.1) is 0 Å². The van der Waals surface area contributed by atoms with Gasteiger partial charge in [0.1, 0.15) is 0 Å². The van der Waals surface area contributed by atoms with E-state index in [1.807, 2.05) is 36.4 Å². The Balaban J connectivity index is 1.69. The summed E-state index contributed by atoms with van der Waals surface area (Å²) in [5.41, 5.74) is 1.60. The predicted molar refractivity (Wildman–Crippen MR) is 76.2 cm³/mol. The molecular formula is C16H16N2O3. The van der Waals surface area contributed by atoms with E-state index < -0.39 is 11.9 Å². The highest BCUT2D eigenvalue weighted by molar-refractivity contribution is 5.85. The molecule has 108 valence electrons. The lowest BCUT2D eigenvalue weighted by atomic mass is 10.2. The van der Waals surface area contributed by atoms with Crippen LogP contribution in [0.4, 0.5) is 0 Å². The number of ether oxygens (including phenoxy) is 1. The molecule has 0 unspecified atom stereocenters. The molecule has 0 amide bonds. The molecule has 0 aliphatic rings. The summed E-state index contributed by atoms with van der Waals surface area (Å²) in [6, 6.07) is 11.0. The first kappa shape index (κ1) is 14.8. The number of aromatic nitrogens is 2. The maximum atomic E-state index is 11.6. The van der Waals surface area contributed by atoms with Gasteiger partial charge in [0, 0.05) is 36.6 Å². The highest BCUT2D eigenvalue weighted by Gasteiger charge is 2.11. The molecule has 2 aromatic rings. The molecule has 0 aliphatic heterocycles. The van der Waals surface area contributed by atoms with Crippen molar-refractivity contribution < 1.29 is 14.3 Å². The van der Waals surface area contributed by atoms with Gasteiger partial charge in [-0.3, -0.25) is 19.6 Å². The molecule has 0 saturated heterocycles. The Labute approximate surface area is 123 Å². The van der Waals surface area contributed by atoms with Crippen LogP contribution in [-0.2, 0) is 27.2 Å². The summed E-state index contributed by atoms with van der Waals surface area (Å²) in [7, 11) is 0. The van der Waals surface area contributed by atoms with E-state index in [-0.39, 0.29) is 12.8 Å². The number of carbonyl (C=O) groups excluding carboxylic acids is 2. The number of aryl methyl sites for hydroxylation is 2. The number of rotatable bonds is 6. The molecule has 2 aromatic heterocycles. The fraction of sp³-hybridized carbons (Fsp3) is 0.250. The zero-order chi connectivity index (χ0) is 14.9. The lowest BCUT2D eigenvalue weighted by Gasteiger charge is -2.03. The smallest absolute Gasteiger partial charge is 0.313 e. The minimum absolute atomic E-state index is 0.145. The number of hydrogen-bond acceptors (Lipinski definition) is 5. The monoisotopic (exact) mass is 284 g/mol. The van der Waals surface area contributed by atoms with Crippen molar-refractivity contribution >= 4 is 11.9 Å². The Morgan fingerprint density at radius 1 is 0.810 bits per heavy atom. The van der Waals surface area contributed by atoms with Crippen LogP contribution in [0, 0.1) is 0 Å². The van der Waals surface area contributed by atoms with Gasteiger partial charge >= 0.3 is 11.9 Å². The van der Waals surface area contributed by atoms with Crippen LogP contribution < -0.4 is 0 Å². The van der Waals surface area contributed by atoms with Crippen LogP contribution >= 0.6 is 0 Å². The molecule has 0 spiro atoms. The Kier molecular flexibility index (Phi) is 5.58. The molecule has 21 heavy (non-hydrogen) atoms. The van der Waals surface area contributed by atoms with Crippen LogP contribution in [0.1, 0.15) is 24.2 Å². The third-order valence-electron chi connectivity index (χ3n) is 2.85. The second-order valence-electron chi connectivity index (χ2n) is 4.49. The Morgan fingerprint density at radius 2 is 1.29 bits per heavy atom. The van der Waals surface area contributed by atoms with E-state index in [0.717, 1.165) is 11.4 Å². The highest BCUT2D eigenvalue weighted by atomic mass is 16.6. The van der Waals surface area contributed by atoms with Gasteiger partial charge in [-0.05, 0) is 24.3 Å². The fourth-order valence-electron chi connectivity index (χ4n) is 1.78. The molecule has 2 rings (SSSR count). The average molecular weight is 284 g/mol. The lowest BCUT2D eigenvalue weighted by Crippen LogP contribution is -2.14. The zero-order valence-electron chi connectivity index (χ0n) is 11.6. The van der Waals surface area contributed by atoms with Crippen molar-refractivity contribution in [3.05, 3.63) is 60.2 Å². The van der Waals surface area contributed by atoms with Crippen LogP contribution in [0.25, 0.3) is 0 Å². The van der Waals surface area contributed by atoms with Crippen molar-refractivity contribution in [2.45, 2.75) is 25.7 Å². The van der Waals surface area contributed by atoms with Crippen LogP contribution in [0.3, 0.4) is 0 Å². The molecule has 0 radical (unpaired) electrons. The highest BCUT2D eigenvalue weighted by Crippen LogP contribution is 2.03. The average Bonchev–Trinajstić information content (AvgIpc) is 2.53. The molecule has 0 N–H and O–H groups in total. The van der Waals surface area contributed by atoms with Gasteiger partial charge in [-0.1, -0.05) is 12.1 Å². The molecule has 2 heterocycles. The topological polar surface area (TPSA) is 69.2 Å². The summed E-state index contributed by atoms with van der Waals surface area (Å²) in [5.74, 6) is -1.04. The van der Waals surface area contributed by atoms with Crippen LogP contribution in [0.15, 0.2) is 48.8 Å². The third kappa shape index (κ3) is 5.52. The van der Waals surface area contributed by atoms with E-state index in [2.05, 4.69) is 9.97 Å². The van der Waals surface area contributed by atoms with Crippen LogP contribution in [0.2, 0.25) is 0 Å². The molecule has 0 fully saturated rings. The third-order valence-corrected chi connectivity index (χ3v) is 2.85. The quantitative estimate of drug-likeness (QED) is 0.600. The summed E-state index contributed by atoms with van der Waals surface area (Å²) in [4.78, 5) is 31.3. The predicted octanol–water partition coefficient (Wildman–Crippen LogP) is 2.11. The van der Waals surface area contributed by atoms with Crippen molar-refractivity contribution in [1.82, 2.24) is 9.97 Å². The van der Waals surface area contributed by atoms with E-state index in [1.54, 1.807) is 12.4 Å². The Bertz CT molecular complexity index is 531. The van der Waals surface area contributed by atoms with E-state index >= 15 is 0 Å². The molecule has 0 bridgehead atoms. The molecular weight excluding hydrogens is 268 g/mol. The molecule has 0 aliphatic carbocycles. The molecule has 0 atom stereocenters. The first-order valence-electron chi connectivity index (χ1n) is 6.77. The molecule has 5 heteroatoms. The zero-order valence-corrected chi connectivity index (χ0v) is 11.6. The van der Waals surface area contributed by atoms with Crippen molar-refractivity contribution in [3.63, 3.8) is 0 Å². The van der Waals surface area contributed by atoms with Crippen LogP contribution in [0.5, 0.6) is 0 Å². The van der Waals surface area contributed by atoms with Gasteiger partial charge < -0.3 is 4.74 Å². The standard InChI is InChI=1S/C16H16N2O3/c19-15(9-7-13-5-1-3-11-17-13)21-16(20)10-8-14-6-2-4-12-18-14/h1-6,11-12H,7-10H2. The van der Waals surface area contributed by atoms with Gasteiger partial charge in [-0.2, -0.15) is 0 Å². The minimum Gasteiger partial charge on any atom is -0.393 e. The maximum absolute atomic E-state index is 11.6. The van der Waals surface area contributed by atoms with Crippen molar-refractivity contribution in [3.8, 4) is 0 Å². The van der Waals surface area contributed by atoms with Gasteiger partial charge in [0.2, 0.25) is 0 Å². The van der Waals surface area contributed by atoms with Gasteiger partial charge in [0.15, 0.2) is 0 Å². The first-order chi connectivity index (χ1) is 10.2. The Hall–Kier alpha value is -2.56. The van der Waals surface area contributed by atoms with E-state index in [1.165, 1.54) is 0 Å². The van der Waals surface area contributed by atoms with Crippen molar-refractivity contribution in [2.75, 3.05) is 0 Å². The number of esters is 2. The maximum Gasteiger partial charge on any atom is 0.313 e. The minimum atomic E-state index is -0.522. The second-order valence-corrected chi connectivity index (χ2v) is 4.49. The number of carbonyl (C=O) groups is 2. The molecule has 5 nitrogen and oxygen atoms in total. The van der Waals surface area contributed by atoms with Crippen molar-refractivity contribution in [2.24, 2.45) is 0 Å². The molecule has 0 saturated carbocycles. The first-order valence-corrected chi connectivity index (χ1v) is 6.77. The van der Waals surface area contributed by atoms with E-state index in [0.29, 0.717) is 12.8 Å². The second kappa shape index (κ2) is 7.89. The Morgan fingerprint density at radius 3 is 1.67 bits per heavy atom. The van der Waals surface area contributed by atoms with Gasteiger partial charge in [0.25, 0.3) is 0 Å². The van der Waals surface area contributed by atoms with E-state index in [4.69, 9.17) is 4.74 Å². The molecule has 0 aromatic carbocycles. The van der Waals surface area contributed by atoms with E-state index in [9.17, 15) is 9.59 Å². The van der Waals surface area contributed by atoms with Gasteiger partial charge in [0.05, 0.1) is 12.8 Å².